The topological polar surface area (TPSA) is 79.3 Å². The normalized spacial score (nSPS) is 10.6. The number of amides is 1. The molecule has 100 valence electrons. The zero-order valence-corrected chi connectivity index (χ0v) is 10.5. The van der Waals surface area contributed by atoms with Crippen LogP contribution in [0, 0.1) is 0 Å². The van der Waals surface area contributed by atoms with Crippen molar-refractivity contribution < 1.29 is 4.79 Å². The van der Waals surface area contributed by atoms with Gasteiger partial charge in [0.2, 0.25) is 0 Å². The van der Waals surface area contributed by atoms with E-state index in [-0.39, 0.29) is 12.1 Å². The van der Waals surface area contributed by atoms with Gasteiger partial charge in [0.25, 0.3) is 11.5 Å². The standard InChI is InChI=1S/C14H12N4O2/c19-13-12(5-3-6-15-13)14(20)16-9-10-8-11-4-1-2-7-18(11)17-10/h1-8H,9H2,(H,15,19)(H,16,20). The maximum absolute atomic E-state index is 11.9. The van der Waals surface area contributed by atoms with E-state index in [1.165, 1.54) is 12.3 Å². The molecule has 3 heterocycles. The molecule has 0 aromatic carbocycles. The Balaban J connectivity index is 1.75. The lowest BCUT2D eigenvalue weighted by molar-refractivity contribution is 0.0949. The van der Waals surface area contributed by atoms with E-state index < -0.39 is 11.5 Å². The maximum Gasteiger partial charge on any atom is 0.260 e. The minimum absolute atomic E-state index is 0.0938. The summed E-state index contributed by atoms with van der Waals surface area (Å²) < 4.78 is 1.73. The summed E-state index contributed by atoms with van der Waals surface area (Å²) in [6, 6.07) is 10.7. The molecule has 20 heavy (non-hydrogen) atoms. The number of carbonyl (C=O) groups excluding carboxylic acids is 1. The minimum atomic E-state index is -0.413. The van der Waals surface area contributed by atoms with Crippen molar-refractivity contribution in [2.75, 3.05) is 0 Å². The van der Waals surface area contributed by atoms with Gasteiger partial charge in [-0.1, -0.05) is 6.07 Å². The lowest BCUT2D eigenvalue weighted by Gasteiger charge is -2.01. The zero-order valence-electron chi connectivity index (χ0n) is 10.5. The van der Waals surface area contributed by atoms with E-state index in [0.29, 0.717) is 0 Å². The fourth-order valence-corrected chi connectivity index (χ4v) is 1.94. The van der Waals surface area contributed by atoms with Crippen molar-refractivity contribution >= 4 is 11.4 Å². The highest BCUT2D eigenvalue weighted by molar-refractivity contribution is 5.93. The van der Waals surface area contributed by atoms with Gasteiger partial charge < -0.3 is 10.3 Å². The molecule has 3 rings (SSSR count). The highest BCUT2D eigenvalue weighted by atomic mass is 16.2. The van der Waals surface area contributed by atoms with Gasteiger partial charge in [0.05, 0.1) is 17.8 Å². The van der Waals surface area contributed by atoms with Crippen LogP contribution in [0.5, 0.6) is 0 Å². The maximum atomic E-state index is 11.9. The fraction of sp³-hybridized carbons (Fsp3) is 0.0714. The molecule has 0 unspecified atom stereocenters. The van der Waals surface area contributed by atoms with Crippen LogP contribution in [0.3, 0.4) is 0 Å². The largest absolute Gasteiger partial charge is 0.346 e. The molecule has 0 saturated heterocycles. The Labute approximate surface area is 114 Å². The lowest BCUT2D eigenvalue weighted by atomic mass is 10.2. The van der Waals surface area contributed by atoms with Crippen LogP contribution in [0.2, 0.25) is 0 Å². The highest BCUT2D eigenvalue weighted by Gasteiger charge is 2.10. The van der Waals surface area contributed by atoms with Crippen LogP contribution < -0.4 is 10.9 Å². The Morgan fingerprint density at radius 3 is 3.00 bits per heavy atom. The first-order chi connectivity index (χ1) is 9.74. The molecular weight excluding hydrogens is 256 g/mol. The predicted octanol–water partition coefficient (Wildman–Crippen LogP) is 0.953. The Hall–Kier alpha value is -2.89. The molecule has 6 nitrogen and oxygen atoms in total. The SMILES string of the molecule is O=C(NCc1cc2ccccn2n1)c1ccc[nH]c1=O. The molecule has 3 aromatic rings. The van der Waals surface area contributed by atoms with E-state index in [9.17, 15) is 9.59 Å². The number of aromatic nitrogens is 3. The molecule has 6 heteroatoms. The average molecular weight is 268 g/mol. The second-order valence-corrected chi connectivity index (χ2v) is 4.30. The van der Waals surface area contributed by atoms with Crippen LogP contribution in [-0.4, -0.2) is 20.5 Å². The van der Waals surface area contributed by atoms with Crippen LogP contribution in [0.4, 0.5) is 0 Å². The number of nitrogens with one attached hydrogen (secondary N) is 2. The molecule has 3 aromatic heterocycles. The van der Waals surface area contributed by atoms with E-state index in [1.54, 1.807) is 10.6 Å². The summed E-state index contributed by atoms with van der Waals surface area (Å²) in [5.74, 6) is -0.413. The van der Waals surface area contributed by atoms with E-state index in [0.717, 1.165) is 11.2 Å². The van der Waals surface area contributed by atoms with Crippen LogP contribution in [0.15, 0.2) is 53.6 Å². The quantitative estimate of drug-likeness (QED) is 0.742. The number of nitrogens with zero attached hydrogens (tertiary/aromatic N) is 2. The zero-order chi connectivity index (χ0) is 13.9. The van der Waals surface area contributed by atoms with E-state index in [4.69, 9.17) is 0 Å². The summed E-state index contributed by atoms with van der Waals surface area (Å²) in [5, 5.41) is 7.00. The van der Waals surface area contributed by atoms with Gasteiger partial charge in [0.1, 0.15) is 5.56 Å². The van der Waals surface area contributed by atoms with Crippen molar-refractivity contribution in [3.8, 4) is 0 Å². The summed E-state index contributed by atoms with van der Waals surface area (Å²) in [5.41, 5.74) is 1.38. The van der Waals surface area contributed by atoms with Crippen molar-refractivity contribution in [1.82, 2.24) is 19.9 Å². The van der Waals surface area contributed by atoms with Crippen LogP contribution in [0.25, 0.3) is 5.52 Å². The average Bonchev–Trinajstić information content (AvgIpc) is 2.88. The minimum Gasteiger partial charge on any atom is -0.346 e. The van der Waals surface area contributed by atoms with Gasteiger partial charge in [0.15, 0.2) is 0 Å². The van der Waals surface area contributed by atoms with Crippen molar-refractivity contribution in [3.05, 3.63) is 70.4 Å². The van der Waals surface area contributed by atoms with E-state index in [2.05, 4.69) is 15.4 Å². The lowest BCUT2D eigenvalue weighted by Crippen LogP contribution is -2.29. The van der Waals surface area contributed by atoms with Gasteiger partial charge in [-0.15, -0.1) is 0 Å². The Bertz CT molecular complexity index is 786. The first-order valence-corrected chi connectivity index (χ1v) is 6.13. The number of aromatic amines is 1. The van der Waals surface area contributed by atoms with Crippen molar-refractivity contribution in [2.45, 2.75) is 6.54 Å². The number of pyridine rings is 2. The highest BCUT2D eigenvalue weighted by Crippen LogP contribution is 2.05. The van der Waals surface area contributed by atoms with Crippen LogP contribution in [0.1, 0.15) is 16.1 Å². The molecule has 0 spiro atoms. The second kappa shape index (κ2) is 5.00. The van der Waals surface area contributed by atoms with Crippen molar-refractivity contribution in [3.63, 3.8) is 0 Å². The van der Waals surface area contributed by atoms with Crippen LogP contribution in [-0.2, 0) is 6.54 Å². The number of rotatable bonds is 3. The van der Waals surface area contributed by atoms with Gasteiger partial charge >= 0.3 is 0 Å². The summed E-state index contributed by atoms with van der Waals surface area (Å²) >= 11 is 0. The Morgan fingerprint density at radius 1 is 1.30 bits per heavy atom. The van der Waals surface area contributed by atoms with Gasteiger partial charge in [-0.25, -0.2) is 4.52 Å². The number of H-pyrrole nitrogens is 1. The molecule has 2 N–H and O–H groups in total. The molecule has 0 bridgehead atoms. The second-order valence-electron chi connectivity index (χ2n) is 4.30. The third-order valence-corrected chi connectivity index (χ3v) is 2.91. The number of hydrogen-bond donors (Lipinski definition) is 2. The Kier molecular flexibility index (Phi) is 3.04. The van der Waals surface area contributed by atoms with Crippen LogP contribution >= 0.6 is 0 Å². The molecule has 0 atom stereocenters. The monoisotopic (exact) mass is 268 g/mol. The first kappa shape index (κ1) is 12.2. The molecule has 1 amide bonds. The number of carbonyl (C=O) groups is 1. The summed E-state index contributed by atoms with van der Waals surface area (Å²) in [7, 11) is 0. The van der Waals surface area contributed by atoms with E-state index in [1.807, 2.05) is 30.5 Å². The Morgan fingerprint density at radius 2 is 2.20 bits per heavy atom. The molecule has 0 saturated carbocycles. The van der Waals surface area contributed by atoms with Crippen molar-refractivity contribution in [1.29, 1.82) is 0 Å². The third kappa shape index (κ3) is 2.31. The van der Waals surface area contributed by atoms with E-state index >= 15 is 0 Å². The van der Waals surface area contributed by atoms with Crippen molar-refractivity contribution in [2.24, 2.45) is 0 Å². The molecule has 0 radical (unpaired) electrons. The molecular formula is C14H12N4O2. The van der Waals surface area contributed by atoms with Gasteiger partial charge in [-0.2, -0.15) is 5.10 Å². The van der Waals surface area contributed by atoms with Gasteiger partial charge in [0, 0.05) is 12.4 Å². The molecule has 0 aliphatic rings. The smallest absolute Gasteiger partial charge is 0.260 e. The molecule has 0 aliphatic carbocycles. The van der Waals surface area contributed by atoms with Gasteiger partial charge in [-0.05, 0) is 30.3 Å². The molecule has 0 aliphatic heterocycles. The number of hydrogen-bond acceptors (Lipinski definition) is 3. The van der Waals surface area contributed by atoms with Gasteiger partial charge in [-0.3, -0.25) is 9.59 Å². The molecule has 0 fully saturated rings. The summed E-state index contributed by atoms with van der Waals surface area (Å²) in [4.78, 5) is 25.8. The summed E-state index contributed by atoms with van der Waals surface area (Å²) in [6.07, 6.45) is 3.32. The summed E-state index contributed by atoms with van der Waals surface area (Å²) in [6.45, 7) is 0.273. The predicted molar refractivity (Wildman–Crippen MR) is 73.4 cm³/mol. The fourth-order valence-electron chi connectivity index (χ4n) is 1.94. The first-order valence-electron chi connectivity index (χ1n) is 6.13. The number of fused-ring (bicyclic) bond motifs is 1. The third-order valence-electron chi connectivity index (χ3n) is 2.91.